The van der Waals surface area contributed by atoms with Crippen molar-refractivity contribution >= 4 is 18.4 Å². The highest BCUT2D eigenvalue weighted by atomic mass is 35.5. The minimum Gasteiger partial charge on any atom is -0.469 e. The molecule has 0 aliphatic rings. The summed E-state index contributed by atoms with van der Waals surface area (Å²) >= 11 is 0. The van der Waals surface area contributed by atoms with E-state index in [1.54, 1.807) is 0 Å². The van der Waals surface area contributed by atoms with E-state index in [2.05, 4.69) is 10.1 Å². The van der Waals surface area contributed by atoms with Gasteiger partial charge in [-0.1, -0.05) is 6.92 Å². The van der Waals surface area contributed by atoms with E-state index in [-0.39, 0.29) is 24.4 Å². The van der Waals surface area contributed by atoms with Gasteiger partial charge in [0.25, 0.3) is 0 Å². The maximum atomic E-state index is 10.7. The molecule has 0 radical (unpaired) electrons. The zero-order valence-corrected chi connectivity index (χ0v) is 8.03. The second-order valence-corrected chi connectivity index (χ2v) is 2.17. The van der Waals surface area contributed by atoms with E-state index in [0.717, 1.165) is 6.42 Å². The van der Waals surface area contributed by atoms with Crippen molar-refractivity contribution in [2.75, 3.05) is 14.2 Å². The Bertz CT molecular complexity index is 105. The summed E-state index contributed by atoms with van der Waals surface area (Å²) < 4.78 is 4.51. The summed E-state index contributed by atoms with van der Waals surface area (Å²) in [4.78, 5) is 10.7. The predicted molar refractivity (Wildman–Crippen MR) is 47.0 cm³/mol. The van der Waals surface area contributed by atoms with Gasteiger partial charge in [0.1, 0.15) is 0 Å². The normalized spacial score (nSPS) is 11.5. The van der Waals surface area contributed by atoms with Crippen molar-refractivity contribution in [1.82, 2.24) is 5.32 Å². The Morgan fingerprint density at radius 3 is 2.45 bits per heavy atom. The lowest BCUT2D eigenvalue weighted by Crippen LogP contribution is -2.27. The van der Waals surface area contributed by atoms with Crippen LogP contribution in [-0.4, -0.2) is 26.2 Å². The number of hydrogen-bond donors (Lipinski definition) is 1. The summed E-state index contributed by atoms with van der Waals surface area (Å²) in [6, 6.07) is 0.257. The molecule has 0 spiro atoms. The smallest absolute Gasteiger partial charge is 0.307 e. The van der Waals surface area contributed by atoms with Gasteiger partial charge >= 0.3 is 5.97 Å². The lowest BCUT2D eigenvalue weighted by Gasteiger charge is -2.10. The zero-order valence-electron chi connectivity index (χ0n) is 7.22. The van der Waals surface area contributed by atoms with Crippen LogP contribution in [0.15, 0.2) is 0 Å². The summed E-state index contributed by atoms with van der Waals surface area (Å²) in [7, 11) is 3.25. The summed E-state index contributed by atoms with van der Waals surface area (Å²) in [6.07, 6.45) is 1.41. The van der Waals surface area contributed by atoms with E-state index in [1.165, 1.54) is 7.11 Å². The molecule has 1 N–H and O–H groups in total. The van der Waals surface area contributed by atoms with Crippen molar-refractivity contribution in [3.63, 3.8) is 0 Å². The number of nitrogens with one attached hydrogen (secondary N) is 1. The Kier molecular flexibility index (Phi) is 9.47. The molecule has 11 heavy (non-hydrogen) atoms. The van der Waals surface area contributed by atoms with Crippen molar-refractivity contribution in [3.05, 3.63) is 0 Å². The van der Waals surface area contributed by atoms with Crippen LogP contribution >= 0.6 is 12.4 Å². The summed E-state index contributed by atoms with van der Waals surface area (Å²) in [5, 5.41) is 3.02. The number of hydrogen-bond acceptors (Lipinski definition) is 3. The standard InChI is InChI=1S/C7H15NO2.ClH/c1-4-6(8-2)5-7(9)10-3;/h6,8H,4-5H2,1-3H3;1H/t6-;/m0./s1. The Morgan fingerprint density at radius 1 is 1.64 bits per heavy atom. The van der Waals surface area contributed by atoms with Gasteiger partial charge in [-0.15, -0.1) is 12.4 Å². The van der Waals surface area contributed by atoms with Crippen molar-refractivity contribution in [2.24, 2.45) is 0 Å². The molecule has 0 heterocycles. The number of rotatable bonds is 4. The van der Waals surface area contributed by atoms with Gasteiger partial charge in [-0.25, -0.2) is 0 Å². The maximum absolute atomic E-state index is 10.7. The number of ether oxygens (including phenoxy) is 1. The minimum atomic E-state index is -0.152. The molecule has 0 aliphatic carbocycles. The molecule has 0 aromatic heterocycles. The molecule has 0 bridgehead atoms. The molecule has 0 saturated heterocycles. The molecule has 4 heteroatoms. The molecule has 0 rings (SSSR count). The highest BCUT2D eigenvalue weighted by Crippen LogP contribution is 1.97. The zero-order chi connectivity index (χ0) is 7.98. The number of methoxy groups -OCH3 is 1. The third kappa shape index (κ3) is 6.13. The third-order valence-electron chi connectivity index (χ3n) is 1.54. The molecule has 3 nitrogen and oxygen atoms in total. The van der Waals surface area contributed by atoms with Crippen LogP contribution in [0.4, 0.5) is 0 Å². The van der Waals surface area contributed by atoms with Crippen molar-refractivity contribution in [3.8, 4) is 0 Å². The van der Waals surface area contributed by atoms with Gasteiger partial charge in [-0.2, -0.15) is 0 Å². The van der Waals surface area contributed by atoms with Crippen molar-refractivity contribution in [1.29, 1.82) is 0 Å². The van der Waals surface area contributed by atoms with E-state index < -0.39 is 0 Å². The molecular weight excluding hydrogens is 166 g/mol. The number of esters is 1. The number of carbonyl (C=O) groups excluding carboxylic acids is 1. The quantitative estimate of drug-likeness (QED) is 0.657. The Labute approximate surface area is 73.9 Å². The van der Waals surface area contributed by atoms with E-state index in [1.807, 2.05) is 14.0 Å². The minimum absolute atomic E-state index is 0. The van der Waals surface area contributed by atoms with Crippen LogP contribution in [0.5, 0.6) is 0 Å². The maximum Gasteiger partial charge on any atom is 0.307 e. The molecule has 0 aromatic rings. The fraction of sp³-hybridized carbons (Fsp3) is 0.857. The molecule has 0 aromatic carbocycles. The first-order valence-corrected chi connectivity index (χ1v) is 3.48. The first kappa shape index (κ1) is 13.3. The molecule has 0 aliphatic heterocycles. The SMILES string of the molecule is CC[C@@H](CC(=O)OC)NC.Cl. The molecule has 1 atom stereocenters. The molecular formula is C7H16ClNO2. The van der Waals surface area contributed by atoms with E-state index in [4.69, 9.17) is 0 Å². The Morgan fingerprint density at radius 2 is 2.18 bits per heavy atom. The molecule has 0 saturated carbocycles. The molecule has 0 amide bonds. The van der Waals surface area contributed by atoms with Crippen LogP contribution in [-0.2, 0) is 9.53 Å². The van der Waals surface area contributed by atoms with Crippen LogP contribution in [0, 0.1) is 0 Å². The topological polar surface area (TPSA) is 38.3 Å². The van der Waals surface area contributed by atoms with E-state index in [0.29, 0.717) is 6.42 Å². The van der Waals surface area contributed by atoms with Crippen LogP contribution in [0.2, 0.25) is 0 Å². The average molecular weight is 182 g/mol. The summed E-state index contributed by atoms with van der Waals surface area (Å²) in [5.41, 5.74) is 0. The van der Waals surface area contributed by atoms with Gasteiger partial charge in [0, 0.05) is 6.04 Å². The van der Waals surface area contributed by atoms with Crippen LogP contribution in [0.3, 0.4) is 0 Å². The lowest BCUT2D eigenvalue weighted by atomic mass is 10.1. The molecule has 68 valence electrons. The summed E-state index contributed by atoms with van der Waals surface area (Å²) in [5.74, 6) is -0.152. The average Bonchev–Trinajstić information content (AvgIpc) is 1.99. The third-order valence-corrected chi connectivity index (χ3v) is 1.54. The number of carbonyl (C=O) groups is 1. The van der Waals surface area contributed by atoms with Gasteiger partial charge in [-0.05, 0) is 13.5 Å². The van der Waals surface area contributed by atoms with Crippen LogP contribution < -0.4 is 5.32 Å². The van der Waals surface area contributed by atoms with Gasteiger partial charge in [0.05, 0.1) is 13.5 Å². The highest BCUT2D eigenvalue weighted by molar-refractivity contribution is 5.85. The number of halogens is 1. The second kappa shape index (κ2) is 7.82. The van der Waals surface area contributed by atoms with Crippen LogP contribution in [0.25, 0.3) is 0 Å². The van der Waals surface area contributed by atoms with Gasteiger partial charge in [0.15, 0.2) is 0 Å². The van der Waals surface area contributed by atoms with Gasteiger partial charge in [-0.3, -0.25) is 4.79 Å². The van der Waals surface area contributed by atoms with Crippen molar-refractivity contribution < 1.29 is 9.53 Å². The Balaban J connectivity index is 0. The second-order valence-electron chi connectivity index (χ2n) is 2.17. The first-order chi connectivity index (χ1) is 4.74. The first-order valence-electron chi connectivity index (χ1n) is 3.48. The fourth-order valence-electron chi connectivity index (χ4n) is 0.735. The van der Waals surface area contributed by atoms with Gasteiger partial charge < -0.3 is 10.1 Å². The van der Waals surface area contributed by atoms with Crippen LogP contribution in [0.1, 0.15) is 19.8 Å². The largest absolute Gasteiger partial charge is 0.469 e. The predicted octanol–water partition coefficient (Wildman–Crippen LogP) is 0.969. The molecule has 0 unspecified atom stereocenters. The summed E-state index contributed by atoms with van der Waals surface area (Å²) in [6.45, 7) is 2.03. The fourth-order valence-corrected chi connectivity index (χ4v) is 0.735. The highest BCUT2D eigenvalue weighted by Gasteiger charge is 2.08. The van der Waals surface area contributed by atoms with E-state index >= 15 is 0 Å². The van der Waals surface area contributed by atoms with E-state index in [9.17, 15) is 4.79 Å². The monoisotopic (exact) mass is 181 g/mol. The van der Waals surface area contributed by atoms with Gasteiger partial charge in [0.2, 0.25) is 0 Å². The Hall–Kier alpha value is -0.280. The lowest BCUT2D eigenvalue weighted by molar-refractivity contribution is -0.141. The van der Waals surface area contributed by atoms with Crippen molar-refractivity contribution in [2.45, 2.75) is 25.8 Å². The molecule has 0 fully saturated rings.